The van der Waals surface area contributed by atoms with E-state index in [0.717, 1.165) is 46.5 Å². The predicted octanol–water partition coefficient (Wildman–Crippen LogP) is 4.33. The maximum Gasteiger partial charge on any atom is 0.513 e. The molecular formula is C26H34N2O5. The van der Waals surface area contributed by atoms with Crippen LogP contribution in [0.1, 0.15) is 42.5 Å². The average molecular weight is 455 g/mol. The van der Waals surface area contributed by atoms with Gasteiger partial charge < -0.3 is 24.8 Å². The molecule has 1 aliphatic rings. The van der Waals surface area contributed by atoms with Gasteiger partial charge >= 0.3 is 6.16 Å². The van der Waals surface area contributed by atoms with E-state index in [1.165, 1.54) is 0 Å². The summed E-state index contributed by atoms with van der Waals surface area (Å²) in [5.74, 6) is 1.34. The normalized spacial score (nSPS) is 14.0. The molecule has 2 aromatic rings. The number of ether oxygens (including phenoxy) is 3. The average Bonchev–Trinajstić information content (AvgIpc) is 2.78. The van der Waals surface area contributed by atoms with Gasteiger partial charge in [0.15, 0.2) is 0 Å². The Kier molecular flexibility index (Phi) is 7.97. The van der Waals surface area contributed by atoms with Gasteiger partial charge in [0.1, 0.15) is 11.5 Å². The highest BCUT2D eigenvalue weighted by molar-refractivity contribution is 5.98. The molecule has 33 heavy (non-hydrogen) atoms. The molecule has 1 aliphatic heterocycles. The lowest BCUT2D eigenvalue weighted by atomic mass is 9.94. The van der Waals surface area contributed by atoms with Crippen molar-refractivity contribution in [1.29, 1.82) is 0 Å². The van der Waals surface area contributed by atoms with Crippen LogP contribution in [0.4, 0.5) is 10.5 Å². The van der Waals surface area contributed by atoms with Crippen molar-refractivity contribution in [3.05, 3.63) is 52.6 Å². The third-order valence-corrected chi connectivity index (χ3v) is 5.82. The van der Waals surface area contributed by atoms with Gasteiger partial charge in [0, 0.05) is 12.2 Å². The predicted molar refractivity (Wildman–Crippen MR) is 128 cm³/mol. The molecule has 1 unspecified atom stereocenters. The summed E-state index contributed by atoms with van der Waals surface area (Å²) in [6, 6.07) is 8.66. The van der Waals surface area contributed by atoms with Gasteiger partial charge in [-0.05, 0) is 91.6 Å². The van der Waals surface area contributed by atoms with Crippen molar-refractivity contribution in [3.63, 3.8) is 0 Å². The SMILES string of the molecule is COc1ccc2c(c1)CCCN2C(=O)C(N)Cc1c(C)cc(OC(=O)OCC(C)C)cc1C. The summed E-state index contributed by atoms with van der Waals surface area (Å²) in [6.07, 6.45) is 1.47. The standard InChI is InChI=1S/C26H34N2O5/c1-16(2)15-32-26(30)33-21-11-17(3)22(18(4)12-21)14-23(27)25(29)28-10-6-7-19-13-20(31-5)8-9-24(19)28/h8-9,11-13,16,23H,6-7,10,14-15,27H2,1-5H3. The van der Waals surface area contributed by atoms with Crippen LogP contribution in [0.2, 0.25) is 0 Å². The van der Waals surface area contributed by atoms with Crippen molar-refractivity contribution in [2.75, 3.05) is 25.2 Å². The molecule has 0 bridgehead atoms. The number of amides is 1. The van der Waals surface area contributed by atoms with Gasteiger partial charge in [0.05, 0.1) is 19.8 Å². The van der Waals surface area contributed by atoms with Crippen LogP contribution in [0.25, 0.3) is 0 Å². The summed E-state index contributed by atoms with van der Waals surface area (Å²) in [5, 5.41) is 0. The highest BCUT2D eigenvalue weighted by Crippen LogP contribution is 2.31. The molecule has 1 heterocycles. The summed E-state index contributed by atoms with van der Waals surface area (Å²) in [4.78, 5) is 26.9. The quantitative estimate of drug-likeness (QED) is 0.495. The fraction of sp³-hybridized carbons (Fsp3) is 0.462. The number of nitrogens with two attached hydrogens (primary N) is 1. The highest BCUT2D eigenvalue weighted by atomic mass is 16.7. The topological polar surface area (TPSA) is 91.1 Å². The van der Waals surface area contributed by atoms with E-state index in [-0.39, 0.29) is 11.8 Å². The first-order valence-electron chi connectivity index (χ1n) is 11.4. The van der Waals surface area contributed by atoms with E-state index in [0.29, 0.717) is 25.3 Å². The molecule has 0 aliphatic carbocycles. The molecule has 0 radical (unpaired) electrons. The Bertz CT molecular complexity index is 995. The number of carbonyl (C=O) groups is 2. The maximum absolute atomic E-state index is 13.3. The Morgan fingerprint density at radius 2 is 1.79 bits per heavy atom. The van der Waals surface area contributed by atoms with E-state index in [4.69, 9.17) is 19.9 Å². The Morgan fingerprint density at radius 1 is 1.09 bits per heavy atom. The van der Waals surface area contributed by atoms with Crippen molar-refractivity contribution in [2.24, 2.45) is 11.7 Å². The second-order valence-electron chi connectivity index (χ2n) is 8.99. The van der Waals surface area contributed by atoms with Crippen LogP contribution in [0.5, 0.6) is 11.5 Å². The van der Waals surface area contributed by atoms with Gasteiger partial charge in [0.25, 0.3) is 0 Å². The van der Waals surface area contributed by atoms with Gasteiger partial charge in [-0.3, -0.25) is 4.79 Å². The minimum Gasteiger partial charge on any atom is -0.497 e. The van der Waals surface area contributed by atoms with E-state index in [9.17, 15) is 9.59 Å². The first-order chi connectivity index (χ1) is 15.7. The fourth-order valence-corrected chi connectivity index (χ4v) is 4.13. The molecule has 0 fully saturated rings. The largest absolute Gasteiger partial charge is 0.513 e. The molecule has 178 valence electrons. The number of carbonyl (C=O) groups excluding carboxylic acids is 2. The lowest BCUT2D eigenvalue weighted by molar-refractivity contribution is -0.119. The minimum absolute atomic E-state index is 0.0995. The maximum atomic E-state index is 13.3. The Balaban J connectivity index is 1.71. The molecule has 2 N–H and O–H groups in total. The van der Waals surface area contributed by atoms with Crippen LogP contribution in [0.3, 0.4) is 0 Å². The van der Waals surface area contributed by atoms with Gasteiger partial charge in [-0.2, -0.15) is 0 Å². The lowest BCUT2D eigenvalue weighted by Crippen LogP contribution is -2.47. The summed E-state index contributed by atoms with van der Waals surface area (Å²) >= 11 is 0. The second-order valence-corrected chi connectivity index (χ2v) is 8.99. The Labute approximate surface area is 195 Å². The lowest BCUT2D eigenvalue weighted by Gasteiger charge is -2.32. The summed E-state index contributed by atoms with van der Waals surface area (Å²) < 4.78 is 15.7. The van der Waals surface area contributed by atoms with Crippen molar-refractivity contribution < 1.29 is 23.8 Å². The van der Waals surface area contributed by atoms with Crippen LogP contribution >= 0.6 is 0 Å². The molecular weight excluding hydrogens is 420 g/mol. The van der Waals surface area contributed by atoms with Gasteiger partial charge in [-0.25, -0.2) is 4.79 Å². The zero-order valence-electron chi connectivity index (χ0n) is 20.1. The molecule has 1 atom stereocenters. The number of nitrogens with zero attached hydrogens (tertiary/aromatic N) is 1. The number of hydrogen-bond donors (Lipinski definition) is 1. The first kappa shape index (κ1) is 24.6. The van der Waals surface area contributed by atoms with Crippen LogP contribution in [0, 0.1) is 19.8 Å². The number of benzene rings is 2. The van der Waals surface area contributed by atoms with E-state index in [1.54, 1.807) is 24.1 Å². The van der Waals surface area contributed by atoms with Crippen LogP contribution in [-0.4, -0.2) is 38.4 Å². The molecule has 3 rings (SSSR count). The second kappa shape index (κ2) is 10.7. The van der Waals surface area contributed by atoms with E-state index < -0.39 is 12.2 Å². The van der Waals surface area contributed by atoms with Crippen LogP contribution in [-0.2, 0) is 22.4 Å². The molecule has 7 heteroatoms. The van der Waals surface area contributed by atoms with Gasteiger partial charge in [-0.15, -0.1) is 0 Å². The van der Waals surface area contributed by atoms with Crippen LogP contribution < -0.4 is 20.1 Å². The Hall–Kier alpha value is -3.06. The number of aryl methyl sites for hydroxylation is 3. The van der Waals surface area contributed by atoms with Gasteiger partial charge in [-0.1, -0.05) is 13.8 Å². The zero-order valence-corrected chi connectivity index (χ0v) is 20.1. The number of hydrogen-bond acceptors (Lipinski definition) is 6. The smallest absolute Gasteiger partial charge is 0.497 e. The van der Waals surface area contributed by atoms with Crippen molar-refractivity contribution in [3.8, 4) is 11.5 Å². The fourth-order valence-electron chi connectivity index (χ4n) is 4.13. The van der Waals surface area contributed by atoms with E-state index >= 15 is 0 Å². The molecule has 0 saturated carbocycles. The number of anilines is 1. The third-order valence-electron chi connectivity index (χ3n) is 5.82. The number of fused-ring (bicyclic) bond motifs is 1. The molecule has 2 aromatic carbocycles. The minimum atomic E-state index is -0.720. The van der Waals surface area contributed by atoms with Crippen molar-refractivity contribution >= 4 is 17.7 Å². The highest BCUT2D eigenvalue weighted by Gasteiger charge is 2.28. The van der Waals surface area contributed by atoms with E-state index in [1.807, 2.05) is 45.9 Å². The van der Waals surface area contributed by atoms with Crippen LogP contribution in [0.15, 0.2) is 30.3 Å². The number of methoxy groups -OCH3 is 1. The molecule has 1 amide bonds. The van der Waals surface area contributed by atoms with Crippen molar-refractivity contribution in [1.82, 2.24) is 0 Å². The molecule has 0 aromatic heterocycles. The third kappa shape index (κ3) is 6.05. The molecule has 7 nitrogen and oxygen atoms in total. The summed E-state index contributed by atoms with van der Waals surface area (Å²) in [7, 11) is 1.64. The zero-order chi connectivity index (χ0) is 24.1. The molecule has 0 spiro atoms. The molecule has 0 saturated heterocycles. The monoisotopic (exact) mass is 454 g/mol. The summed E-state index contributed by atoms with van der Waals surface area (Å²) in [6.45, 7) is 8.72. The number of rotatable bonds is 7. The van der Waals surface area contributed by atoms with Gasteiger partial charge in [0.2, 0.25) is 5.91 Å². The van der Waals surface area contributed by atoms with E-state index in [2.05, 4.69) is 0 Å². The first-order valence-corrected chi connectivity index (χ1v) is 11.4. The van der Waals surface area contributed by atoms with Crippen molar-refractivity contribution in [2.45, 2.75) is 53.0 Å². The Morgan fingerprint density at radius 3 is 2.42 bits per heavy atom. The summed E-state index contributed by atoms with van der Waals surface area (Å²) in [5.41, 5.74) is 11.2.